The minimum atomic E-state index is -5.32. The van der Waals surface area contributed by atoms with Gasteiger partial charge < -0.3 is 9.13 Å². The van der Waals surface area contributed by atoms with Crippen molar-refractivity contribution >= 4 is 43.6 Å². The van der Waals surface area contributed by atoms with Crippen LogP contribution in [0, 0.1) is 11.3 Å². The molecular weight excluding hydrogens is 1050 g/mol. The molecule has 12 rings (SSSR count). The molecule has 0 saturated heterocycles. The standard InChI is InChI=1S/C64H34F12N4/c65-61(66,67)43-22-23-44(51(33-43)63(71,72)73)40-21-26-58-49(28-40)46-16-8-10-18-56(46)80(58)60-32-42(35-77)59(34-47(60)41-30-53(36-11-3-1-4-12-36)78-54(31-41)37-13-5-2-6-14-37)79-55-17-9-7-15-45(55)48-27-38(20-25-57(48)79)39-19-24-50(62(68,69)70)52(29-39)64(74,75)76/h1-34H. The highest BCUT2D eigenvalue weighted by molar-refractivity contribution is 6.13. The van der Waals surface area contributed by atoms with Gasteiger partial charge in [-0.3, -0.25) is 0 Å². The Morgan fingerprint density at radius 2 is 0.800 bits per heavy atom. The summed E-state index contributed by atoms with van der Waals surface area (Å²) in [7, 11) is 0. The number of hydrogen-bond acceptors (Lipinski definition) is 2. The van der Waals surface area contributed by atoms with E-state index in [9.17, 15) is 57.9 Å². The highest BCUT2D eigenvalue weighted by Crippen LogP contribution is 2.47. The molecule has 0 bridgehead atoms. The summed E-state index contributed by atoms with van der Waals surface area (Å²) < 4.78 is 173. The van der Waals surface area contributed by atoms with Crippen LogP contribution in [0.3, 0.4) is 0 Å². The van der Waals surface area contributed by atoms with E-state index in [0.717, 1.165) is 23.3 Å². The quantitative estimate of drug-likeness (QED) is 0.149. The average molecular weight is 1090 g/mol. The molecule has 0 N–H and O–H groups in total. The van der Waals surface area contributed by atoms with E-state index in [1.807, 2.05) is 88.0 Å². The molecule has 0 radical (unpaired) electrons. The van der Waals surface area contributed by atoms with Crippen LogP contribution in [0.1, 0.15) is 27.8 Å². The summed E-state index contributed by atoms with van der Waals surface area (Å²) in [6, 6.07) is 55.3. The molecular formula is C64H34F12N4. The number of rotatable bonds is 7. The Hall–Kier alpha value is -9.62. The predicted octanol–water partition coefficient (Wildman–Crippen LogP) is 19.6. The fraction of sp³-hybridized carbons (Fsp3) is 0.0625. The maximum atomic E-state index is 14.7. The molecule has 9 aromatic carbocycles. The number of para-hydroxylation sites is 2. The second kappa shape index (κ2) is 18.8. The number of alkyl halides is 12. The van der Waals surface area contributed by atoms with Crippen LogP contribution in [-0.4, -0.2) is 14.1 Å². The third-order valence-corrected chi connectivity index (χ3v) is 14.3. The normalized spacial score (nSPS) is 12.5. The van der Waals surface area contributed by atoms with Crippen LogP contribution in [0.25, 0.3) is 111 Å². The summed E-state index contributed by atoms with van der Waals surface area (Å²) in [6.45, 7) is 0. The minimum Gasteiger partial charge on any atom is -0.309 e. The molecule has 3 heterocycles. The summed E-state index contributed by atoms with van der Waals surface area (Å²) in [4.78, 5) is 5.11. The lowest BCUT2D eigenvalue weighted by Crippen LogP contribution is -2.16. The molecule has 0 saturated carbocycles. The Kier molecular flexibility index (Phi) is 12.0. The van der Waals surface area contributed by atoms with Gasteiger partial charge in [-0.25, -0.2) is 4.98 Å². The molecule has 0 aliphatic carbocycles. The van der Waals surface area contributed by atoms with Gasteiger partial charge in [-0.1, -0.05) is 121 Å². The van der Waals surface area contributed by atoms with Crippen molar-refractivity contribution in [3.8, 4) is 73.3 Å². The molecule has 0 atom stereocenters. The largest absolute Gasteiger partial charge is 0.417 e. The Morgan fingerprint density at radius 3 is 1.34 bits per heavy atom. The van der Waals surface area contributed by atoms with Crippen molar-refractivity contribution < 1.29 is 52.7 Å². The van der Waals surface area contributed by atoms with Crippen molar-refractivity contribution in [1.82, 2.24) is 14.1 Å². The lowest BCUT2D eigenvalue weighted by Gasteiger charge is -2.20. The zero-order valence-electron chi connectivity index (χ0n) is 41.0. The second-order valence-electron chi connectivity index (χ2n) is 19.0. The van der Waals surface area contributed by atoms with E-state index in [1.54, 1.807) is 72.8 Å². The number of halogens is 12. The van der Waals surface area contributed by atoms with E-state index in [4.69, 9.17) is 4.98 Å². The van der Waals surface area contributed by atoms with Crippen LogP contribution in [0.5, 0.6) is 0 Å². The number of benzene rings is 9. The number of aromatic nitrogens is 3. The molecule has 16 heteroatoms. The number of pyridine rings is 1. The van der Waals surface area contributed by atoms with Crippen LogP contribution < -0.4 is 0 Å². The summed E-state index contributed by atoms with van der Waals surface area (Å²) in [6.07, 6.45) is -20.8. The zero-order chi connectivity index (χ0) is 56.0. The molecule has 3 aromatic heterocycles. The number of fused-ring (bicyclic) bond motifs is 6. The van der Waals surface area contributed by atoms with E-state index >= 15 is 0 Å². The van der Waals surface area contributed by atoms with Crippen LogP contribution >= 0.6 is 0 Å². The minimum absolute atomic E-state index is 0.00230. The lowest BCUT2D eigenvalue weighted by molar-refractivity contribution is -0.162. The summed E-state index contributed by atoms with van der Waals surface area (Å²) in [5.74, 6) is 0. The van der Waals surface area contributed by atoms with E-state index in [0.29, 0.717) is 95.7 Å². The van der Waals surface area contributed by atoms with E-state index in [1.165, 1.54) is 18.2 Å². The molecule has 0 spiro atoms. The van der Waals surface area contributed by atoms with Crippen molar-refractivity contribution in [2.24, 2.45) is 0 Å². The SMILES string of the molecule is N#Cc1cc(-n2c3ccccc3c3cc(-c4ccc(C(F)(F)F)cc4C(F)(F)F)ccc32)c(-c2cc(-c3ccccc3)nc(-c3ccccc3)c2)cc1-n1c2ccccc2c2cc(-c3ccc(C(F)(F)F)c(C(F)(F)F)c3)ccc21. The summed E-state index contributed by atoms with van der Waals surface area (Å²) in [5.41, 5.74) is -0.186. The van der Waals surface area contributed by atoms with Gasteiger partial charge in [0.05, 0.1) is 72.6 Å². The smallest absolute Gasteiger partial charge is 0.309 e. The summed E-state index contributed by atoms with van der Waals surface area (Å²) in [5, 5.41) is 13.4. The van der Waals surface area contributed by atoms with Gasteiger partial charge in [0.15, 0.2) is 0 Å². The van der Waals surface area contributed by atoms with E-state index in [2.05, 4.69) is 6.07 Å². The van der Waals surface area contributed by atoms with Crippen molar-refractivity contribution in [1.29, 1.82) is 5.26 Å². The molecule has 4 nitrogen and oxygen atoms in total. The van der Waals surface area contributed by atoms with Crippen molar-refractivity contribution in [2.75, 3.05) is 0 Å². The van der Waals surface area contributed by atoms with Gasteiger partial charge >= 0.3 is 24.7 Å². The van der Waals surface area contributed by atoms with Gasteiger partial charge in [-0.15, -0.1) is 0 Å². The van der Waals surface area contributed by atoms with Crippen LogP contribution in [0.4, 0.5) is 52.7 Å². The Bertz CT molecular complexity index is 4420. The first-order valence-electron chi connectivity index (χ1n) is 24.5. The molecule has 0 amide bonds. The number of hydrogen-bond donors (Lipinski definition) is 0. The monoisotopic (exact) mass is 1090 g/mol. The molecule has 0 unspecified atom stereocenters. The fourth-order valence-corrected chi connectivity index (χ4v) is 10.7. The average Bonchev–Trinajstić information content (AvgIpc) is 3.45. The van der Waals surface area contributed by atoms with Gasteiger partial charge in [-0.2, -0.15) is 57.9 Å². The van der Waals surface area contributed by atoms with Gasteiger partial charge in [0.1, 0.15) is 6.07 Å². The first-order chi connectivity index (χ1) is 38.2. The van der Waals surface area contributed by atoms with Crippen LogP contribution in [0.2, 0.25) is 0 Å². The molecule has 80 heavy (non-hydrogen) atoms. The van der Waals surface area contributed by atoms with Gasteiger partial charge in [0.2, 0.25) is 0 Å². The zero-order valence-corrected chi connectivity index (χ0v) is 41.0. The summed E-state index contributed by atoms with van der Waals surface area (Å²) >= 11 is 0. The Morgan fingerprint density at radius 1 is 0.325 bits per heavy atom. The first-order valence-corrected chi connectivity index (χ1v) is 24.5. The lowest BCUT2D eigenvalue weighted by atomic mass is 9.95. The molecule has 394 valence electrons. The molecule has 12 aromatic rings. The molecule has 0 aliphatic heterocycles. The van der Waals surface area contributed by atoms with Crippen LogP contribution in [-0.2, 0) is 24.7 Å². The van der Waals surface area contributed by atoms with Crippen molar-refractivity contribution in [3.63, 3.8) is 0 Å². The highest BCUT2D eigenvalue weighted by atomic mass is 19.4. The van der Waals surface area contributed by atoms with Crippen LogP contribution in [0.15, 0.2) is 206 Å². The highest BCUT2D eigenvalue weighted by Gasteiger charge is 2.43. The number of nitrogens with zero attached hydrogens (tertiary/aromatic N) is 4. The molecule has 0 aliphatic rings. The Balaban J connectivity index is 1.14. The van der Waals surface area contributed by atoms with Gasteiger partial charge in [-0.05, 0) is 113 Å². The maximum absolute atomic E-state index is 14.7. The van der Waals surface area contributed by atoms with Crippen molar-refractivity contribution in [2.45, 2.75) is 24.7 Å². The third kappa shape index (κ3) is 8.94. The topological polar surface area (TPSA) is 46.5 Å². The maximum Gasteiger partial charge on any atom is 0.417 e. The first kappa shape index (κ1) is 51.2. The predicted molar refractivity (Wildman–Crippen MR) is 285 cm³/mol. The third-order valence-electron chi connectivity index (χ3n) is 14.3. The Labute approximate surface area is 446 Å². The van der Waals surface area contributed by atoms with Gasteiger partial charge in [0.25, 0.3) is 0 Å². The second-order valence-corrected chi connectivity index (χ2v) is 19.0. The van der Waals surface area contributed by atoms with E-state index < -0.39 is 52.5 Å². The fourth-order valence-electron chi connectivity index (χ4n) is 10.7. The van der Waals surface area contributed by atoms with Crippen molar-refractivity contribution in [3.05, 3.63) is 234 Å². The molecule has 0 fully saturated rings. The van der Waals surface area contributed by atoms with Gasteiger partial charge in [0, 0.05) is 38.2 Å². The number of nitriles is 1. The van der Waals surface area contributed by atoms with E-state index in [-0.39, 0.29) is 28.3 Å².